The van der Waals surface area contributed by atoms with Gasteiger partial charge in [0, 0.05) is 6.54 Å². The summed E-state index contributed by atoms with van der Waals surface area (Å²) in [5, 5.41) is 0. The maximum absolute atomic E-state index is 12.9. The maximum atomic E-state index is 12.9. The van der Waals surface area contributed by atoms with Crippen molar-refractivity contribution in [1.82, 2.24) is 4.90 Å². The van der Waals surface area contributed by atoms with Crippen molar-refractivity contribution in [3.63, 3.8) is 0 Å². The van der Waals surface area contributed by atoms with Gasteiger partial charge in [0.25, 0.3) is 0 Å². The van der Waals surface area contributed by atoms with Gasteiger partial charge in [-0.15, -0.1) is 0 Å². The summed E-state index contributed by atoms with van der Waals surface area (Å²) in [6, 6.07) is 4.16. The fourth-order valence-electron chi connectivity index (χ4n) is 1.31. The van der Waals surface area contributed by atoms with E-state index in [1.54, 1.807) is 0 Å². The number of alkyl halides is 3. The van der Waals surface area contributed by atoms with Crippen molar-refractivity contribution in [3.05, 3.63) is 34.1 Å². The number of nitrogens with zero attached hydrogens (tertiary/aromatic N) is 1. The fourth-order valence-corrected chi connectivity index (χ4v) is 1.74. The van der Waals surface area contributed by atoms with E-state index < -0.39 is 18.5 Å². The van der Waals surface area contributed by atoms with E-state index in [4.69, 9.17) is 0 Å². The molecule has 1 aromatic carbocycles. The molecule has 0 saturated carbocycles. The van der Waals surface area contributed by atoms with Crippen molar-refractivity contribution >= 4 is 15.9 Å². The van der Waals surface area contributed by atoms with Crippen molar-refractivity contribution in [3.8, 4) is 0 Å². The molecule has 0 aliphatic heterocycles. The molecule has 0 atom stereocenters. The van der Waals surface area contributed by atoms with Crippen molar-refractivity contribution in [2.24, 2.45) is 0 Å². The average molecular weight is 300 g/mol. The van der Waals surface area contributed by atoms with Gasteiger partial charge in [-0.05, 0) is 40.7 Å². The molecule has 0 bridgehead atoms. The van der Waals surface area contributed by atoms with Gasteiger partial charge in [-0.1, -0.05) is 6.07 Å². The Morgan fingerprint density at radius 3 is 2.44 bits per heavy atom. The van der Waals surface area contributed by atoms with Gasteiger partial charge in [0.05, 0.1) is 11.0 Å². The largest absolute Gasteiger partial charge is 0.401 e. The van der Waals surface area contributed by atoms with E-state index in [2.05, 4.69) is 15.9 Å². The first kappa shape index (κ1) is 13.4. The maximum Gasteiger partial charge on any atom is 0.401 e. The predicted octanol–water partition coefficient (Wildman–Crippen LogP) is 3.58. The molecule has 0 spiro atoms. The van der Waals surface area contributed by atoms with E-state index >= 15 is 0 Å². The minimum absolute atomic E-state index is 0.123. The first-order valence-electron chi connectivity index (χ1n) is 4.47. The molecule has 0 radical (unpaired) electrons. The van der Waals surface area contributed by atoms with Crippen LogP contribution in [0.5, 0.6) is 0 Å². The Morgan fingerprint density at radius 2 is 1.94 bits per heavy atom. The molecule has 0 unspecified atom stereocenters. The lowest BCUT2D eigenvalue weighted by Crippen LogP contribution is -2.30. The van der Waals surface area contributed by atoms with Gasteiger partial charge in [-0.2, -0.15) is 13.2 Å². The SMILES string of the molecule is CN(Cc1ccc(F)c(Br)c1)CC(F)(F)F. The normalized spacial score (nSPS) is 12.2. The average Bonchev–Trinajstić information content (AvgIpc) is 2.08. The predicted molar refractivity (Wildman–Crippen MR) is 56.5 cm³/mol. The van der Waals surface area contributed by atoms with Gasteiger partial charge in [-0.25, -0.2) is 4.39 Å². The lowest BCUT2D eigenvalue weighted by molar-refractivity contribution is -0.144. The Labute approximate surface area is 99.2 Å². The highest BCUT2D eigenvalue weighted by Crippen LogP contribution is 2.20. The minimum atomic E-state index is -4.22. The number of benzene rings is 1. The monoisotopic (exact) mass is 299 g/mol. The van der Waals surface area contributed by atoms with Gasteiger partial charge in [0.1, 0.15) is 5.82 Å². The van der Waals surface area contributed by atoms with Gasteiger partial charge >= 0.3 is 6.18 Å². The first-order chi connectivity index (χ1) is 7.28. The van der Waals surface area contributed by atoms with Crippen LogP contribution in [0.15, 0.2) is 22.7 Å². The molecule has 0 heterocycles. The Morgan fingerprint density at radius 1 is 1.31 bits per heavy atom. The topological polar surface area (TPSA) is 3.24 Å². The van der Waals surface area contributed by atoms with Crippen molar-refractivity contribution in [2.45, 2.75) is 12.7 Å². The number of hydrogen-bond donors (Lipinski definition) is 0. The molecule has 1 rings (SSSR count). The van der Waals surface area contributed by atoms with Crippen molar-refractivity contribution in [1.29, 1.82) is 0 Å². The second-order valence-electron chi connectivity index (χ2n) is 3.54. The molecule has 90 valence electrons. The van der Waals surface area contributed by atoms with Gasteiger partial charge in [-0.3, -0.25) is 4.90 Å². The van der Waals surface area contributed by atoms with Crippen LogP contribution in [-0.2, 0) is 6.54 Å². The third-order valence-electron chi connectivity index (χ3n) is 1.89. The molecule has 0 N–H and O–H groups in total. The van der Waals surface area contributed by atoms with Gasteiger partial charge < -0.3 is 0 Å². The molecular weight excluding hydrogens is 290 g/mol. The van der Waals surface area contributed by atoms with E-state index in [9.17, 15) is 17.6 Å². The Kier molecular flexibility index (Phi) is 4.32. The molecule has 0 fully saturated rings. The summed E-state index contributed by atoms with van der Waals surface area (Å²) in [6.07, 6.45) is -4.22. The first-order valence-corrected chi connectivity index (χ1v) is 5.26. The molecule has 0 saturated heterocycles. The zero-order valence-corrected chi connectivity index (χ0v) is 10.1. The van der Waals surface area contributed by atoms with Crippen LogP contribution in [0.4, 0.5) is 17.6 Å². The van der Waals surface area contributed by atoms with Crippen LogP contribution in [0.25, 0.3) is 0 Å². The van der Waals surface area contributed by atoms with Crippen LogP contribution in [0.3, 0.4) is 0 Å². The molecule has 0 amide bonds. The van der Waals surface area contributed by atoms with E-state index in [1.807, 2.05) is 0 Å². The molecular formula is C10H10BrF4N. The quantitative estimate of drug-likeness (QED) is 0.771. The van der Waals surface area contributed by atoms with Gasteiger partial charge in [0.2, 0.25) is 0 Å². The second kappa shape index (κ2) is 5.14. The molecule has 6 heteroatoms. The molecule has 1 aromatic rings. The van der Waals surface area contributed by atoms with Crippen LogP contribution < -0.4 is 0 Å². The highest BCUT2D eigenvalue weighted by molar-refractivity contribution is 9.10. The Balaban J connectivity index is 2.63. The summed E-state index contributed by atoms with van der Waals surface area (Å²) in [4.78, 5) is 1.12. The zero-order chi connectivity index (χ0) is 12.3. The Bertz CT molecular complexity index is 364. The highest BCUT2D eigenvalue weighted by atomic mass is 79.9. The summed E-state index contributed by atoms with van der Waals surface area (Å²) in [5.74, 6) is -0.428. The molecule has 0 aromatic heterocycles. The summed E-state index contributed by atoms with van der Waals surface area (Å²) in [6.45, 7) is -0.861. The lowest BCUT2D eigenvalue weighted by atomic mass is 10.2. The highest BCUT2D eigenvalue weighted by Gasteiger charge is 2.29. The standard InChI is InChI=1S/C10H10BrF4N/c1-16(6-10(13,14)15)5-7-2-3-9(12)8(11)4-7/h2-4H,5-6H2,1H3. The fraction of sp³-hybridized carbons (Fsp3) is 0.400. The summed E-state index contributed by atoms with van der Waals surface area (Å²) in [5.41, 5.74) is 0.625. The van der Waals surface area contributed by atoms with Crippen molar-refractivity contribution in [2.75, 3.05) is 13.6 Å². The molecule has 1 nitrogen and oxygen atoms in total. The third-order valence-corrected chi connectivity index (χ3v) is 2.49. The minimum Gasteiger partial charge on any atom is -0.294 e. The number of hydrogen-bond acceptors (Lipinski definition) is 1. The van der Waals surface area contributed by atoms with Crippen LogP contribution in [0.2, 0.25) is 0 Å². The third kappa shape index (κ3) is 4.49. The van der Waals surface area contributed by atoms with Crippen molar-refractivity contribution < 1.29 is 17.6 Å². The zero-order valence-electron chi connectivity index (χ0n) is 8.48. The van der Waals surface area contributed by atoms with Crippen LogP contribution in [0.1, 0.15) is 5.56 Å². The summed E-state index contributed by atoms with van der Waals surface area (Å²) >= 11 is 2.98. The van der Waals surface area contributed by atoms with Gasteiger partial charge in [0.15, 0.2) is 0 Å². The smallest absolute Gasteiger partial charge is 0.294 e. The van der Waals surface area contributed by atoms with E-state index in [1.165, 1.54) is 25.2 Å². The lowest BCUT2D eigenvalue weighted by Gasteiger charge is -2.18. The van der Waals surface area contributed by atoms with E-state index in [0.29, 0.717) is 5.56 Å². The Hall–Kier alpha value is -0.620. The van der Waals surface area contributed by atoms with Crippen LogP contribution in [-0.4, -0.2) is 24.7 Å². The summed E-state index contributed by atoms with van der Waals surface area (Å²) < 4.78 is 49.2. The van der Waals surface area contributed by atoms with Crippen LogP contribution >= 0.6 is 15.9 Å². The van der Waals surface area contributed by atoms with E-state index in [-0.39, 0.29) is 11.0 Å². The second-order valence-corrected chi connectivity index (χ2v) is 4.39. The molecule has 16 heavy (non-hydrogen) atoms. The number of halogens is 5. The van der Waals surface area contributed by atoms with E-state index in [0.717, 1.165) is 4.90 Å². The number of rotatable bonds is 3. The van der Waals surface area contributed by atoms with Crippen LogP contribution in [0, 0.1) is 5.82 Å². The summed E-state index contributed by atoms with van der Waals surface area (Å²) in [7, 11) is 1.37. The molecule has 0 aliphatic rings. The molecule has 0 aliphatic carbocycles.